The van der Waals surface area contributed by atoms with Crippen LogP contribution in [0.25, 0.3) is 0 Å². The van der Waals surface area contributed by atoms with Crippen LogP contribution in [-0.4, -0.2) is 46.3 Å². The van der Waals surface area contributed by atoms with Gasteiger partial charge in [0.15, 0.2) is 5.84 Å². The summed E-state index contributed by atoms with van der Waals surface area (Å²) in [5.41, 5.74) is 4.74. The van der Waals surface area contributed by atoms with E-state index in [1.807, 2.05) is 18.9 Å². The van der Waals surface area contributed by atoms with Crippen LogP contribution in [-0.2, 0) is 0 Å². The zero-order valence-electron chi connectivity index (χ0n) is 9.36. The number of aliphatic hydroxyl groups is 1. The van der Waals surface area contributed by atoms with Crippen molar-refractivity contribution in [1.29, 1.82) is 0 Å². The molecule has 0 aliphatic carbocycles. The molecular weight excluding hydrogens is 182 g/mol. The number of hydrogen-bond acceptors (Lipinski definition) is 4. The fraction of sp³-hybridized carbons (Fsp3) is 0.889. The molecule has 14 heavy (non-hydrogen) atoms. The molecular formula is C9H21N3O2. The molecule has 1 atom stereocenters. The van der Waals surface area contributed by atoms with E-state index in [2.05, 4.69) is 5.16 Å². The third-order valence-corrected chi connectivity index (χ3v) is 2.01. The zero-order chi connectivity index (χ0) is 11.4. The van der Waals surface area contributed by atoms with Crippen LogP contribution in [0.2, 0.25) is 0 Å². The molecule has 0 bridgehead atoms. The summed E-state index contributed by atoms with van der Waals surface area (Å²) < 4.78 is 0. The smallest absolute Gasteiger partial charge is 0.156 e. The molecule has 1 unspecified atom stereocenters. The van der Waals surface area contributed by atoms with Gasteiger partial charge in [-0.15, -0.1) is 0 Å². The van der Waals surface area contributed by atoms with Gasteiger partial charge >= 0.3 is 0 Å². The summed E-state index contributed by atoms with van der Waals surface area (Å²) in [6.07, 6.45) is 0.739. The highest BCUT2D eigenvalue weighted by molar-refractivity contribution is 5.85. The van der Waals surface area contributed by atoms with Gasteiger partial charge in [-0.1, -0.05) is 12.1 Å². The lowest BCUT2D eigenvalue weighted by atomic mass is 10.1. The number of nitrogens with zero attached hydrogens (tertiary/aromatic N) is 2. The van der Waals surface area contributed by atoms with Crippen LogP contribution in [0.15, 0.2) is 5.16 Å². The van der Waals surface area contributed by atoms with Crippen LogP contribution in [0.3, 0.4) is 0 Å². The molecule has 84 valence electrons. The minimum atomic E-state index is -0.780. The number of oxime groups is 1. The van der Waals surface area contributed by atoms with E-state index in [1.54, 1.807) is 13.8 Å². The third-order valence-electron chi connectivity index (χ3n) is 2.01. The van der Waals surface area contributed by atoms with E-state index < -0.39 is 5.60 Å². The van der Waals surface area contributed by atoms with Gasteiger partial charge in [0, 0.05) is 6.54 Å². The maximum Gasteiger partial charge on any atom is 0.156 e. The van der Waals surface area contributed by atoms with Crippen LogP contribution in [0, 0.1) is 0 Å². The Morgan fingerprint density at radius 2 is 2.07 bits per heavy atom. The molecule has 5 heteroatoms. The van der Waals surface area contributed by atoms with Gasteiger partial charge in [0.1, 0.15) is 0 Å². The van der Waals surface area contributed by atoms with E-state index in [0.717, 1.165) is 6.42 Å². The largest absolute Gasteiger partial charge is 0.409 e. The van der Waals surface area contributed by atoms with Gasteiger partial charge < -0.3 is 16.0 Å². The lowest BCUT2D eigenvalue weighted by Crippen LogP contribution is -2.47. The predicted octanol–water partition coefficient (Wildman–Crippen LogP) is 0.214. The maximum atomic E-state index is 9.60. The van der Waals surface area contributed by atoms with Crippen molar-refractivity contribution in [1.82, 2.24) is 4.90 Å². The molecule has 0 aromatic rings. The van der Waals surface area contributed by atoms with E-state index >= 15 is 0 Å². The molecule has 0 amide bonds. The summed E-state index contributed by atoms with van der Waals surface area (Å²) in [6, 6.07) is -0.133. The van der Waals surface area contributed by atoms with Gasteiger partial charge in [0.2, 0.25) is 0 Å². The van der Waals surface area contributed by atoms with Crippen molar-refractivity contribution < 1.29 is 10.3 Å². The molecule has 0 saturated heterocycles. The number of likely N-dealkylation sites (N-methyl/N-ethyl adjacent to an activating group) is 1. The Bertz CT molecular complexity index is 199. The van der Waals surface area contributed by atoms with Gasteiger partial charge in [-0.05, 0) is 27.3 Å². The summed E-state index contributed by atoms with van der Waals surface area (Å²) >= 11 is 0. The summed E-state index contributed by atoms with van der Waals surface area (Å²) in [5, 5.41) is 21.1. The Morgan fingerprint density at radius 3 is 2.36 bits per heavy atom. The fourth-order valence-electron chi connectivity index (χ4n) is 1.53. The Morgan fingerprint density at radius 1 is 1.57 bits per heavy atom. The van der Waals surface area contributed by atoms with Crippen molar-refractivity contribution in [2.75, 3.05) is 13.6 Å². The molecule has 0 aliphatic heterocycles. The average molecular weight is 203 g/mol. The molecule has 0 saturated carbocycles. The SMILES string of the molecule is CCC(C(N)=NO)N(C)CC(C)(C)O. The highest BCUT2D eigenvalue weighted by atomic mass is 16.4. The highest BCUT2D eigenvalue weighted by Crippen LogP contribution is 2.08. The first-order chi connectivity index (χ1) is 6.31. The normalized spacial score (nSPS) is 16.0. The summed E-state index contributed by atoms with van der Waals surface area (Å²) in [7, 11) is 1.84. The lowest BCUT2D eigenvalue weighted by molar-refractivity contribution is 0.0384. The number of hydrogen-bond donors (Lipinski definition) is 3. The Balaban J connectivity index is 4.40. The van der Waals surface area contributed by atoms with Gasteiger partial charge in [-0.3, -0.25) is 4.90 Å². The molecule has 0 radical (unpaired) electrons. The molecule has 5 nitrogen and oxygen atoms in total. The zero-order valence-corrected chi connectivity index (χ0v) is 9.36. The predicted molar refractivity (Wildman–Crippen MR) is 56.4 cm³/mol. The van der Waals surface area contributed by atoms with Crippen molar-refractivity contribution >= 4 is 5.84 Å². The van der Waals surface area contributed by atoms with E-state index in [4.69, 9.17) is 10.9 Å². The van der Waals surface area contributed by atoms with E-state index in [-0.39, 0.29) is 11.9 Å². The van der Waals surface area contributed by atoms with E-state index in [0.29, 0.717) is 6.54 Å². The topological polar surface area (TPSA) is 82.1 Å². The second kappa shape index (κ2) is 5.17. The number of amidine groups is 1. The first kappa shape index (κ1) is 13.2. The second-order valence-electron chi connectivity index (χ2n) is 4.18. The molecule has 0 heterocycles. The quantitative estimate of drug-likeness (QED) is 0.258. The summed E-state index contributed by atoms with van der Waals surface area (Å²) in [5.74, 6) is 0.180. The van der Waals surface area contributed by atoms with Gasteiger partial charge in [0.05, 0.1) is 11.6 Å². The van der Waals surface area contributed by atoms with Crippen molar-refractivity contribution in [3.63, 3.8) is 0 Å². The first-order valence-corrected chi connectivity index (χ1v) is 4.72. The highest BCUT2D eigenvalue weighted by Gasteiger charge is 2.23. The Kier molecular flexibility index (Phi) is 4.87. The van der Waals surface area contributed by atoms with Crippen molar-refractivity contribution in [3.8, 4) is 0 Å². The monoisotopic (exact) mass is 203 g/mol. The number of nitrogens with two attached hydrogens (primary N) is 1. The van der Waals surface area contributed by atoms with Gasteiger partial charge in [0.25, 0.3) is 0 Å². The number of rotatable bonds is 5. The van der Waals surface area contributed by atoms with Crippen LogP contribution < -0.4 is 5.73 Å². The van der Waals surface area contributed by atoms with Crippen LogP contribution >= 0.6 is 0 Å². The van der Waals surface area contributed by atoms with Gasteiger partial charge in [-0.25, -0.2) is 0 Å². The molecule has 4 N–H and O–H groups in total. The Labute approximate surface area is 85.2 Å². The van der Waals surface area contributed by atoms with Crippen molar-refractivity contribution in [3.05, 3.63) is 0 Å². The lowest BCUT2D eigenvalue weighted by Gasteiger charge is -2.31. The first-order valence-electron chi connectivity index (χ1n) is 4.72. The summed E-state index contributed by atoms with van der Waals surface area (Å²) in [6.45, 7) is 5.87. The molecule has 0 aromatic heterocycles. The van der Waals surface area contributed by atoms with E-state index in [9.17, 15) is 5.11 Å². The molecule has 0 rings (SSSR count). The average Bonchev–Trinajstić information content (AvgIpc) is 2.01. The Hall–Kier alpha value is -0.810. The van der Waals surface area contributed by atoms with E-state index in [1.165, 1.54) is 0 Å². The molecule has 0 aromatic carbocycles. The van der Waals surface area contributed by atoms with Crippen molar-refractivity contribution in [2.24, 2.45) is 10.9 Å². The van der Waals surface area contributed by atoms with Crippen molar-refractivity contribution in [2.45, 2.75) is 38.8 Å². The minimum absolute atomic E-state index is 0.133. The minimum Gasteiger partial charge on any atom is -0.409 e. The third kappa shape index (κ3) is 4.43. The van der Waals surface area contributed by atoms with Gasteiger partial charge in [-0.2, -0.15) is 0 Å². The standard InChI is InChI=1S/C9H21N3O2/c1-5-7(8(10)11-14)12(4)6-9(2,3)13/h7,13-14H,5-6H2,1-4H3,(H2,10,11). The fourth-order valence-corrected chi connectivity index (χ4v) is 1.53. The molecule has 0 fully saturated rings. The van der Waals surface area contributed by atoms with Crippen LogP contribution in [0.1, 0.15) is 27.2 Å². The second-order valence-corrected chi connectivity index (χ2v) is 4.18. The van der Waals surface area contributed by atoms with Crippen LogP contribution in [0.5, 0.6) is 0 Å². The molecule has 0 spiro atoms. The maximum absolute atomic E-state index is 9.60. The molecule has 0 aliphatic rings. The summed E-state index contributed by atoms with van der Waals surface area (Å²) in [4.78, 5) is 1.87. The van der Waals surface area contributed by atoms with Crippen LogP contribution in [0.4, 0.5) is 0 Å².